The van der Waals surface area contributed by atoms with Gasteiger partial charge >= 0.3 is 0 Å². The van der Waals surface area contributed by atoms with Gasteiger partial charge in [-0.15, -0.1) is 0 Å². The van der Waals surface area contributed by atoms with Crippen molar-refractivity contribution in [2.45, 2.75) is 57.7 Å². The molecular weight excluding hydrogens is 336 g/mol. The van der Waals surface area contributed by atoms with Crippen LogP contribution in [-0.4, -0.2) is 22.3 Å². The van der Waals surface area contributed by atoms with Gasteiger partial charge in [0.2, 0.25) is 5.91 Å². The summed E-state index contributed by atoms with van der Waals surface area (Å²) in [5, 5.41) is 3.08. The third-order valence-electron chi connectivity index (χ3n) is 5.42. The molecule has 1 heterocycles. The lowest BCUT2D eigenvalue weighted by molar-refractivity contribution is -0.127. The van der Waals surface area contributed by atoms with Crippen molar-refractivity contribution in [3.63, 3.8) is 0 Å². The molecule has 2 atom stereocenters. The van der Waals surface area contributed by atoms with Crippen molar-refractivity contribution >= 4 is 11.8 Å². The Balaban J connectivity index is 1.79. The molecule has 1 aliphatic carbocycles. The van der Waals surface area contributed by atoms with Gasteiger partial charge < -0.3 is 10.2 Å². The van der Waals surface area contributed by atoms with Crippen LogP contribution in [0.2, 0.25) is 0 Å². The van der Waals surface area contributed by atoms with Crippen LogP contribution in [0.1, 0.15) is 72.7 Å². The number of nitrogens with one attached hydrogen (secondary N) is 1. The fourth-order valence-corrected chi connectivity index (χ4v) is 4.38. The van der Waals surface area contributed by atoms with Crippen LogP contribution < -0.4 is 5.32 Å². The zero-order valence-electron chi connectivity index (χ0n) is 16.2. The smallest absolute Gasteiger partial charge is 0.255 e. The van der Waals surface area contributed by atoms with E-state index in [1.165, 1.54) is 11.1 Å². The van der Waals surface area contributed by atoms with Crippen LogP contribution in [0.25, 0.3) is 0 Å². The van der Waals surface area contributed by atoms with Gasteiger partial charge in [-0.3, -0.25) is 9.59 Å². The predicted octanol–water partition coefficient (Wildman–Crippen LogP) is 4.18. The molecule has 2 aliphatic rings. The van der Waals surface area contributed by atoms with E-state index in [-0.39, 0.29) is 23.4 Å². The van der Waals surface area contributed by atoms with Crippen LogP contribution in [0, 0.1) is 0 Å². The summed E-state index contributed by atoms with van der Waals surface area (Å²) in [5.74, 6) is -0.148. The van der Waals surface area contributed by atoms with Gasteiger partial charge in [-0.2, -0.15) is 0 Å². The van der Waals surface area contributed by atoms with Gasteiger partial charge in [0.05, 0.1) is 6.04 Å². The summed E-state index contributed by atoms with van der Waals surface area (Å²) in [4.78, 5) is 28.4. The highest BCUT2D eigenvalue weighted by molar-refractivity contribution is 6.05. The zero-order chi connectivity index (χ0) is 19.2. The minimum atomic E-state index is -0.580. The molecule has 140 valence electrons. The Hall–Kier alpha value is -2.62. The average molecular weight is 362 g/mol. The zero-order valence-corrected chi connectivity index (χ0v) is 16.2. The molecule has 0 bridgehead atoms. The fraction of sp³-hybridized carbons (Fsp3) is 0.391. The van der Waals surface area contributed by atoms with Crippen molar-refractivity contribution in [2.24, 2.45) is 0 Å². The van der Waals surface area contributed by atoms with Gasteiger partial charge in [0.25, 0.3) is 5.91 Å². The predicted molar refractivity (Wildman–Crippen MR) is 105 cm³/mol. The van der Waals surface area contributed by atoms with Crippen molar-refractivity contribution in [2.75, 3.05) is 0 Å². The summed E-state index contributed by atoms with van der Waals surface area (Å²) >= 11 is 0. The number of benzene rings is 2. The summed E-state index contributed by atoms with van der Waals surface area (Å²) < 4.78 is 0. The molecule has 4 nitrogen and oxygen atoms in total. The molecule has 0 radical (unpaired) electrons. The Morgan fingerprint density at radius 1 is 1.04 bits per heavy atom. The highest BCUT2D eigenvalue weighted by atomic mass is 16.2. The number of amides is 2. The quantitative estimate of drug-likeness (QED) is 0.871. The molecule has 4 rings (SSSR count). The Bertz CT molecular complexity index is 897. The first-order chi connectivity index (χ1) is 12.9. The second-order valence-corrected chi connectivity index (χ2v) is 8.55. The highest BCUT2D eigenvalue weighted by Gasteiger charge is 2.46. The lowest BCUT2D eigenvalue weighted by atomic mass is 9.86. The van der Waals surface area contributed by atoms with Gasteiger partial charge in [0, 0.05) is 11.1 Å². The second kappa shape index (κ2) is 6.52. The maximum absolute atomic E-state index is 13.3. The summed E-state index contributed by atoms with van der Waals surface area (Å²) in [5.41, 5.74) is 3.57. The topological polar surface area (TPSA) is 49.4 Å². The second-order valence-electron chi connectivity index (χ2n) is 8.55. The number of fused-ring (bicyclic) bond motifs is 2. The molecule has 4 heteroatoms. The SMILES string of the molecule is CC(C)(C)NC(=O)C1c2ccccc2C(=O)N1C1CCCc2ccccc21. The molecule has 1 N–H and O–H groups in total. The molecule has 0 fully saturated rings. The molecule has 0 spiro atoms. The van der Waals surface area contributed by atoms with E-state index >= 15 is 0 Å². The Labute approximate surface area is 160 Å². The normalized spacial score (nSPS) is 21.6. The largest absolute Gasteiger partial charge is 0.349 e. The lowest BCUT2D eigenvalue weighted by Gasteiger charge is -2.37. The molecule has 2 amide bonds. The van der Waals surface area contributed by atoms with E-state index in [1.807, 2.05) is 62.1 Å². The molecule has 2 aromatic rings. The Morgan fingerprint density at radius 2 is 1.70 bits per heavy atom. The van der Waals surface area contributed by atoms with Gasteiger partial charge in [-0.1, -0.05) is 42.5 Å². The minimum absolute atomic E-state index is 0.0404. The van der Waals surface area contributed by atoms with Crippen LogP contribution in [-0.2, 0) is 11.2 Å². The first-order valence-electron chi connectivity index (χ1n) is 9.68. The van der Waals surface area contributed by atoms with E-state index < -0.39 is 6.04 Å². The van der Waals surface area contributed by atoms with Crippen molar-refractivity contribution < 1.29 is 9.59 Å². The van der Waals surface area contributed by atoms with Crippen LogP contribution in [0.5, 0.6) is 0 Å². The van der Waals surface area contributed by atoms with E-state index in [4.69, 9.17) is 0 Å². The van der Waals surface area contributed by atoms with Gasteiger partial charge in [-0.05, 0) is 62.8 Å². The number of carbonyl (C=O) groups is 2. The van der Waals surface area contributed by atoms with Crippen LogP contribution in [0.15, 0.2) is 48.5 Å². The molecule has 2 aromatic carbocycles. The molecular formula is C23H26N2O2. The number of carbonyl (C=O) groups excluding carboxylic acids is 2. The van der Waals surface area contributed by atoms with Gasteiger partial charge in [0.15, 0.2) is 0 Å². The number of aryl methyl sites for hydroxylation is 1. The van der Waals surface area contributed by atoms with Crippen molar-refractivity contribution in [3.05, 3.63) is 70.8 Å². The third-order valence-corrected chi connectivity index (χ3v) is 5.42. The summed E-state index contributed by atoms with van der Waals surface area (Å²) in [7, 11) is 0. The number of hydrogen-bond acceptors (Lipinski definition) is 2. The van der Waals surface area contributed by atoms with E-state index in [1.54, 1.807) is 0 Å². The Kier molecular flexibility index (Phi) is 4.29. The summed E-state index contributed by atoms with van der Waals surface area (Å²) in [6, 6.07) is 15.2. The standard InChI is InChI=1S/C23H26N2O2/c1-23(2,3)24-21(26)20-17-12-6-7-13-18(17)22(27)25(20)19-14-8-10-15-9-4-5-11-16(15)19/h4-7,9,11-13,19-20H,8,10,14H2,1-3H3,(H,24,26). The van der Waals surface area contributed by atoms with Crippen molar-refractivity contribution in [1.29, 1.82) is 0 Å². The van der Waals surface area contributed by atoms with Crippen molar-refractivity contribution in [1.82, 2.24) is 10.2 Å². The minimum Gasteiger partial charge on any atom is -0.349 e. The van der Waals surface area contributed by atoms with Crippen LogP contribution in [0.4, 0.5) is 0 Å². The monoisotopic (exact) mass is 362 g/mol. The highest BCUT2D eigenvalue weighted by Crippen LogP contribution is 2.44. The van der Waals surface area contributed by atoms with Crippen molar-refractivity contribution in [3.8, 4) is 0 Å². The molecule has 1 aliphatic heterocycles. The maximum Gasteiger partial charge on any atom is 0.255 e. The number of hydrogen-bond donors (Lipinski definition) is 1. The fourth-order valence-electron chi connectivity index (χ4n) is 4.38. The molecule has 27 heavy (non-hydrogen) atoms. The average Bonchev–Trinajstić information content (AvgIpc) is 2.93. The molecule has 2 unspecified atom stereocenters. The number of rotatable bonds is 2. The van der Waals surface area contributed by atoms with Gasteiger partial charge in [0.1, 0.15) is 6.04 Å². The van der Waals surface area contributed by atoms with E-state index in [2.05, 4.69) is 17.4 Å². The first kappa shape index (κ1) is 17.8. The first-order valence-corrected chi connectivity index (χ1v) is 9.68. The number of nitrogens with zero attached hydrogens (tertiary/aromatic N) is 1. The third kappa shape index (κ3) is 3.14. The summed E-state index contributed by atoms with van der Waals surface area (Å²) in [6.07, 6.45) is 2.94. The molecule has 0 saturated carbocycles. The molecule has 0 saturated heterocycles. The van der Waals surface area contributed by atoms with E-state index in [0.29, 0.717) is 5.56 Å². The lowest BCUT2D eigenvalue weighted by Crippen LogP contribution is -2.48. The van der Waals surface area contributed by atoms with Gasteiger partial charge in [-0.25, -0.2) is 0 Å². The summed E-state index contributed by atoms with van der Waals surface area (Å²) in [6.45, 7) is 5.90. The van der Waals surface area contributed by atoms with Crippen LogP contribution >= 0.6 is 0 Å². The Morgan fingerprint density at radius 3 is 2.44 bits per heavy atom. The van der Waals surface area contributed by atoms with E-state index in [0.717, 1.165) is 24.8 Å². The maximum atomic E-state index is 13.3. The van der Waals surface area contributed by atoms with Crippen LogP contribution in [0.3, 0.4) is 0 Å². The molecule has 0 aromatic heterocycles. The van der Waals surface area contributed by atoms with E-state index in [9.17, 15) is 9.59 Å².